The van der Waals surface area contributed by atoms with Crippen molar-refractivity contribution in [1.82, 2.24) is 4.57 Å². The lowest BCUT2D eigenvalue weighted by molar-refractivity contribution is -0.892. The molecule has 1 aromatic carbocycles. The van der Waals surface area contributed by atoms with Crippen LogP contribution in [0, 0.1) is 13.8 Å². The average molecular weight is 429 g/mol. The number of nitrogens with zero attached hydrogens (tertiary/aromatic N) is 2. The van der Waals surface area contributed by atoms with E-state index < -0.39 is 0 Å². The van der Waals surface area contributed by atoms with Crippen LogP contribution in [0.2, 0.25) is 0 Å². The van der Waals surface area contributed by atoms with Gasteiger partial charge in [-0.25, -0.2) is 0 Å². The summed E-state index contributed by atoms with van der Waals surface area (Å²) in [5, 5.41) is 0. The fraction of sp³-hybridized carbons (Fsp3) is 0.500. The van der Waals surface area contributed by atoms with Crippen LogP contribution >= 0.6 is 0 Å². The second-order valence-corrected chi connectivity index (χ2v) is 8.15. The summed E-state index contributed by atoms with van der Waals surface area (Å²) in [6.45, 7) is 8.94. The first-order chi connectivity index (χ1) is 14.9. The van der Waals surface area contributed by atoms with Crippen molar-refractivity contribution < 1.29 is 24.0 Å². The lowest BCUT2D eigenvalue weighted by atomic mass is 10.1. The van der Waals surface area contributed by atoms with Gasteiger partial charge in [0.05, 0.1) is 40.4 Å². The lowest BCUT2D eigenvalue weighted by Crippen LogP contribution is -3.15. The number of aromatic nitrogens is 1. The van der Waals surface area contributed by atoms with Crippen molar-refractivity contribution in [2.45, 2.75) is 33.2 Å². The van der Waals surface area contributed by atoms with Gasteiger partial charge in [-0.2, -0.15) is 0 Å². The topological polar surface area (TPSA) is 65.2 Å². The Hall–Kier alpha value is -2.80. The SMILES string of the molecule is COC(=O)CCCn1c(C)cc(C(=O)C[NH+]2CCN(c3cccc(OC)c3)CC2)c1C. The van der Waals surface area contributed by atoms with E-state index in [1.54, 1.807) is 7.11 Å². The molecule has 7 heteroatoms. The number of carbonyl (C=O) groups is 2. The summed E-state index contributed by atoms with van der Waals surface area (Å²) in [6, 6.07) is 10.1. The molecule has 1 N–H and O–H groups in total. The number of aryl methyl sites for hydroxylation is 1. The minimum Gasteiger partial charge on any atom is -0.497 e. The maximum Gasteiger partial charge on any atom is 0.305 e. The highest BCUT2D eigenvalue weighted by molar-refractivity contribution is 5.98. The average Bonchev–Trinajstić information content (AvgIpc) is 3.08. The number of hydrogen-bond acceptors (Lipinski definition) is 5. The Kier molecular flexibility index (Phi) is 7.74. The van der Waals surface area contributed by atoms with Crippen molar-refractivity contribution in [2.75, 3.05) is 51.8 Å². The number of esters is 1. The molecule has 7 nitrogen and oxygen atoms in total. The van der Waals surface area contributed by atoms with Gasteiger partial charge in [0, 0.05) is 41.7 Å². The predicted molar refractivity (Wildman–Crippen MR) is 120 cm³/mol. The molecule has 1 aromatic heterocycles. The standard InChI is InChI=1S/C24H33N3O4/c1-18-15-22(19(2)27(18)10-6-9-24(29)31-4)23(28)17-25-11-13-26(14-12-25)20-7-5-8-21(16-20)30-3/h5,7-8,15-16H,6,9-14,17H2,1-4H3/p+1. The van der Waals surface area contributed by atoms with Crippen LogP contribution in [-0.4, -0.2) is 63.3 Å². The molecule has 0 amide bonds. The summed E-state index contributed by atoms with van der Waals surface area (Å²) < 4.78 is 12.2. The Balaban J connectivity index is 1.55. The first kappa shape index (κ1) is 22.9. The normalized spacial score (nSPS) is 14.5. The van der Waals surface area contributed by atoms with E-state index in [9.17, 15) is 9.59 Å². The minimum atomic E-state index is -0.199. The van der Waals surface area contributed by atoms with E-state index in [0.717, 1.165) is 48.9 Å². The second-order valence-electron chi connectivity index (χ2n) is 8.15. The summed E-state index contributed by atoms with van der Waals surface area (Å²) in [4.78, 5) is 28.0. The smallest absolute Gasteiger partial charge is 0.305 e. The number of piperazine rings is 1. The maximum absolute atomic E-state index is 13.0. The number of nitrogens with one attached hydrogen (secondary N) is 1. The van der Waals surface area contributed by atoms with Crippen molar-refractivity contribution in [2.24, 2.45) is 0 Å². The number of rotatable bonds is 9. The van der Waals surface area contributed by atoms with Crippen LogP contribution in [0.15, 0.2) is 30.3 Å². The number of anilines is 1. The number of ether oxygens (including phenoxy) is 2. The van der Waals surface area contributed by atoms with Gasteiger partial charge in [0.25, 0.3) is 0 Å². The fourth-order valence-electron chi connectivity index (χ4n) is 4.30. The predicted octanol–water partition coefficient (Wildman–Crippen LogP) is 1.65. The van der Waals surface area contributed by atoms with Crippen molar-refractivity contribution in [3.8, 4) is 5.75 Å². The molecule has 3 rings (SSSR count). The van der Waals surface area contributed by atoms with Crippen molar-refractivity contribution >= 4 is 17.4 Å². The van der Waals surface area contributed by atoms with Gasteiger partial charge in [0.1, 0.15) is 12.3 Å². The summed E-state index contributed by atoms with van der Waals surface area (Å²) in [6.07, 6.45) is 1.09. The van der Waals surface area contributed by atoms with Gasteiger partial charge in [-0.05, 0) is 38.5 Å². The van der Waals surface area contributed by atoms with E-state index in [2.05, 4.69) is 21.6 Å². The molecule has 31 heavy (non-hydrogen) atoms. The molecule has 1 aliphatic rings. The Morgan fingerprint density at radius 1 is 1.10 bits per heavy atom. The van der Waals surface area contributed by atoms with Gasteiger partial charge < -0.3 is 23.8 Å². The van der Waals surface area contributed by atoms with Crippen molar-refractivity contribution in [3.63, 3.8) is 0 Å². The van der Waals surface area contributed by atoms with Crippen molar-refractivity contribution in [1.29, 1.82) is 0 Å². The Morgan fingerprint density at radius 3 is 2.52 bits per heavy atom. The summed E-state index contributed by atoms with van der Waals surface area (Å²) >= 11 is 0. The molecule has 1 fully saturated rings. The van der Waals surface area contributed by atoms with Crippen LogP contribution in [-0.2, 0) is 16.1 Å². The third kappa shape index (κ3) is 5.67. The Labute approximate surface area is 184 Å². The summed E-state index contributed by atoms with van der Waals surface area (Å²) in [5.74, 6) is 0.858. The van der Waals surface area contributed by atoms with E-state index in [1.807, 2.05) is 32.0 Å². The minimum absolute atomic E-state index is 0.192. The third-order valence-corrected chi connectivity index (χ3v) is 6.16. The monoisotopic (exact) mass is 428 g/mol. The third-order valence-electron chi connectivity index (χ3n) is 6.16. The number of methoxy groups -OCH3 is 2. The fourth-order valence-corrected chi connectivity index (χ4v) is 4.30. The molecule has 0 spiro atoms. The Bertz CT molecular complexity index is 914. The molecule has 0 radical (unpaired) electrons. The molecule has 2 heterocycles. The van der Waals surface area contributed by atoms with Gasteiger partial charge in [0.2, 0.25) is 5.78 Å². The van der Waals surface area contributed by atoms with Crippen molar-refractivity contribution in [3.05, 3.63) is 47.3 Å². The van der Waals surface area contributed by atoms with Crippen LogP contribution in [0.4, 0.5) is 5.69 Å². The molecule has 1 saturated heterocycles. The second kappa shape index (κ2) is 10.5. The van der Waals surface area contributed by atoms with Gasteiger partial charge in [-0.3, -0.25) is 9.59 Å². The van der Waals surface area contributed by atoms with E-state index >= 15 is 0 Å². The molecule has 1 aliphatic heterocycles. The molecular weight excluding hydrogens is 394 g/mol. The summed E-state index contributed by atoms with van der Waals surface area (Å²) in [5.41, 5.74) is 4.02. The van der Waals surface area contributed by atoms with E-state index in [1.165, 1.54) is 17.7 Å². The number of ketones is 1. The lowest BCUT2D eigenvalue weighted by Gasteiger charge is -2.33. The highest BCUT2D eigenvalue weighted by Gasteiger charge is 2.25. The number of Topliss-reactive ketones (excluding diaryl/α,β-unsaturated/α-hetero) is 1. The van der Waals surface area contributed by atoms with Gasteiger partial charge >= 0.3 is 5.97 Å². The van der Waals surface area contributed by atoms with Crippen LogP contribution in [0.1, 0.15) is 34.6 Å². The molecule has 168 valence electrons. The van der Waals surface area contributed by atoms with Crippen LogP contribution < -0.4 is 14.5 Å². The van der Waals surface area contributed by atoms with Gasteiger partial charge in [0.15, 0.2) is 0 Å². The molecule has 2 aromatic rings. The number of carbonyl (C=O) groups excluding carboxylic acids is 2. The molecular formula is C24H34N3O4+. The maximum atomic E-state index is 13.0. The molecule has 0 aliphatic carbocycles. The quantitative estimate of drug-likeness (QED) is 0.486. The highest BCUT2D eigenvalue weighted by Crippen LogP contribution is 2.21. The number of hydrogen-bond donors (Lipinski definition) is 1. The van der Waals surface area contributed by atoms with Gasteiger partial charge in [-0.1, -0.05) is 6.07 Å². The zero-order valence-corrected chi connectivity index (χ0v) is 19.1. The zero-order valence-electron chi connectivity index (χ0n) is 19.1. The molecule has 0 unspecified atom stereocenters. The first-order valence-electron chi connectivity index (χ1n) is 10.9. The summed E-state index contributed by atoms with van der Waals surface area (Å²) in [7, 11) is 3.09. The molecule has 0 atom stereocenters. The van der Waals surface area contributed by atoms with Gasteiger partial charge in [-0.15, -0.1) is 0 Å². The van der Waals surface area contributed by atoms with E-state index in [0.29, 0.717) is 25.9 Å². The number of quaternary nitrogens is 1. The first-order valence-corrected chi connectivity index (χ1v) is 10.9. The molecule has 0 bridgehead atoms. The van der Waals surface area contributed by atoms with Crippen LogP contribution in [0.5, 0.6) is 5.75 Å². The van der Waals surface area contributed by atoms with Crippen LogP contribution in [0.3, 0.4) is 0 Å². The van der Waals surface area contributed by atoms with E-state index in [4.69, 9.17) is 9.47 Å². The molecule has 0 saturated carbocycles. The largest absolute Gasteiger partial charge is 0.497 e. The highest BCUT2D eigenvalue weighted by atomic mass is 16.5. The van der Waals surface area contributed by atoms with E-state index in [-0.39, 0.29) is 11.8 Å². The number of benzene rings is 1. The van der Waals surface area contributed by atoms with Crippen LogP contribution in [0.25, 0.3) is 0 Å². The zero-order chi connectivity index (χ0) is 22.4. The Morgan fingerprint density at radius 2 is 1.84 bits per heavy atom.